The standard InChI is InChI=1S/C14H17N3O2S/c18-13(11-5-3-9-19-11)15-7-8-16-14-17-10-4-1-2-6-12(10)20-14/h1-2,4,6,11H,3,5,7-9H2,(H,15,18)(H,16,17)/t11-/m0/s1. The molecule has 2 N–H and O–H groups in total. The lowest BCUT2D eigenvalue weighted by Gasteiger charge is -2.10. The van der Waals surface area contributed by atoms with E-state index in [0.29, 0.717) is 19.7 Å². The van der Waals surface area contributed by atoms with Crippen molar-refractivity contribution < 1.29 is 9.53 Å². The Labute approximate surface area is 121 Å². The number of rotatable bonds is 5. The zero-order valence-electron chi connectivity index (χ0n) is 11.1. The lowest BCUT2D eigenvalue weighted by Crippen LogP contribution is -2.36. The van der Waals surface area contributed by atoms with Gasteiger partial charge in [0.15, 0.2) is 5.13 Å². The molecule has 2 aromatic rings. The number of ether oxygens (including phenoxy) is 1. The van der Waals surface area contributed by atoms with Gasteiger partial charge in [0.1, 0.15) is 6.10 Å². The van der Waals surface area contributed by atoms with E-state index in [9.17, 15) is 4.79 Å². The minimum Gasteiger partial charge on any atom is -0.368 e. The summed E-state index contributed by atoms with van der Waals surface area (Å²) in [5.74, 6) is -0.00593. The molecular weight excluding hydrogens is 274 g/mol. The van der Waals surface area contributed by atoms with E-state index in [-0.39, 0.29) is 12.0 Å². The molecule has 3 rings (SSSR count). The molecule has 0 saturated carbocycles. The molecule has 106 valence electrons. The van der Waals surface area contributed by atoms with Crippen molar-refractivity contribution in [3.05, 3.63) is 24.3 Å². The number of carbonyl (C=O) groups is 1. The predicted octanol–water partition coefficient (Wildman–Crippen LogP) is 2.00. The van der Waals surface area contributed by atoms with Gasteiger partial charge in [0.2, 0.25) is 5.91 Å². The van der Waals surface area contributed by atoms with Crippen LogP contribution in [-0.2, 0) is 9.53 Å². The van der Waals surface area contributed by atoms with Crippen molar-refractivity contribution in [1.82, 2.24) is 10.3 Å². The second kappa shape index (κ2) is 6.19. The van der Waals surface area contributed by atoms with Gasteiger partial charge in [-0.15, -0.1) is 0 Å². The van der Waals surface area contributed by atoms with E-state index in [2.05, 4.69) is 21.7 Å². The fourth-order valence-electron chi connectivity index (χ4n) is 2.20. The van der Waals surface area contributed by atoms with Crippen molar-refractivity contribution in [2.24, 2.45) is 0 Å². The summed E-state index contributed by atoms with van der Waals surface area (Å²) in [7, 11) is 0. The first-order valence-corrected chi connectivity index (χ1v) is 7.63. The lowest BCUT2D eigenvalue weighted by molar-refractivity contribution is -0.129. The molecule has 1 aliphatic rings. The molecule has 0 spiro atoms. The van der Waals surface area contributed by atoms with Crippen molar-refractivity contribution in [2.75, 3.05) is 25.0 Å². The van der Waals surface area contributed by atoms with E-state index in [4.69, 9.17) is 4.74 Å². The highest BCUT2D eigenvalue weighted by molar-refractivity contribution is 7.22. The summed E-state index contributed by atoms with van der Waals surface area (Å²) >= 11 is 1.62. The van der Waals surface area contributed by atoms with Gasteiger partial charge in [-0.3, -0.25) is 4.79 Å². The van der Waals surface area contributed by atoms with E-state index < -0.39 is 0 Å². The van der Waals surface area contributed by atoms with Gasteiger partial charge in [-0.05, 0) is 25.0 Å². The molecule has 2 heterocycles. The predicted molar refractivity (Wildman–Crippen MR) is 80.1 cm³/mol. The van der Waals surface area contributed by atoms with Gasteiger partial charge >= 0.3 is 0 Å². The second-order valence-electron chi connectivity index (χ2n) is 4.71. The van der Waals surface area contributed by atoms with Gasteiger partial charge in [0, 0.05) is 19.7 Å². The number of para-hydroxylation sites is 1. The van der Waals surface area contributed by atoms with Crippen molar-refractivity contribution in [2.45, 2.75) is 18.9 Å². The third-order valence-corrected chi connectivity index (χ3v) is 4.21. The first-order chi connectivity index (χ1) is 9.83. The number of nitrogens with one attached hydrogen (secondary N) is 2. The van der Waals surface area contributed by atoms with Crippen LogP contribution in [-0.4, -0.2) is 36.7 Å². The highest BCUT2D eigenvalue weighted by Gasteiger charge is 2.22. The van der Waals surface area contributed by atoms with E-state index in [1.807, 2.05) is 18.2 Å². The smallest absolute Gasteiger partial charge is 0.249 e. The number of anilines is 1. The maximum Gasteiger partial charge on any atom is 0.249 e. The average molecular weight is 291 g/mol. The van der Waals surface area contributed by atoms with Crippen LogP contribution >= 0.6 is 11.3 Å². The molecule has 1 atom stereocenters. The largest absolute Gasteiger partial charge is 0.368 e. The Bertz CT molecular complexity index is 560. The average Bonchev–Trinajstić information content (AvgIpc) is 3.11. The lowest BCUT2D eigenvalue weighted by atomic mass is 10.2. The van der Waals surface area contributed by atoms with Crippen LogP contribution in [0.1, 0.15) is 12.8 Å². The summed E-state index contributed by atoms with van der Waals surface area (Å²) in [5, 5.41) is 7.00. The van der Waals surface area contributed by atoms with Crippen LogP contribution in [0.4, 0.5) is 5.13 Å². The number of hydrogen-bond acceptors (Lipinski definition) is 5. The number of aromatic nitrogens is 1. The fraction of sp³-hybridized carbons (Fsp3) is 0.429. The Morgan fingerprint density at radius 3 is 3.10 bits per heavy atom. The molecule has 0 unspecified atom stereocenters. The quantitative estimate of drug-likeness (QED) is 0.827. The summed E-state index contributed by atoms with van der Waals surface area (Å²) in [4.78, 5) is 16.2. The van der Waals surface area contributed by atoms with E-state index in [1.165, 1.54) is 4.70 Å². The monoisotopic (exact) mass is 291 g/mol. The van der Waals surface area contributed by atoms with Crippen LogP contribution in [0.5, 0.6) is 0 Å². The number of fused-ring (bicyclic) bond motifs is 1. The number of nitrogens with zero attached hydrogens (tertiary/aromatic N) is 1. The molecule has 20 heavy (non-hydrogen) atoms. The normalized spacial score (nSPS) is 18.3. The Morgan fingerprint density at radius 1 is 1.40 bits per heavy atom. The first-order valence-electron chi connectivity index (χ1n) is 6.82. The molecule has 1 saturated heterocycles. The molecule has 0 bridgehead atoms. The van der Waals surface area contributed by atoms with Gasteiger partial charge < -0.3 is 15.4 Å². The van der Waals surface area contributed by atoms with Crippen molar-refractivity contribution in [3.8, 4) is 0 Å². The summed E-state index contributed by atoms with van der Waals surface area (Å²) in [6, 6.07) is 8.04. The fourth-order valence-corrected chi connectivity index (χ4v) is 3.09. The van der Waals surface area contributed by atoms with Gasteiger partial charge in [-0.2, -0.15) is 0 Å². The molecule has 1 amide bonds. The van der Waals surface area contributed by atoms with Crippen LogP contribution in [0.25, 0.3) is 10.2 Å². The third-order valence-electron chi connectivity index (χ3n) is 3.22. The third kappa shape index (κ3) is 3.08. The molecular formula is C14H17N3O2S. The maximum atomic E-state index is 11.7. The van der Waals surface area contributed by atoms with E-state index >= 15 is 0 Å². The molecule has 0 aliphatic carbocycles. The Kier molecular flexibility index (Phi) is 4.13. The number of hydrogen-bond donors (Lipinski definition) is 2. The summed E-state index contributed by atoms with van der Waals surface area (Å²) in [6.07, 6.45) is 1.55. The highest BCUT2D eigenvalue weighted by Crippen LogP contribution is 2.24. The molecule has 1 aliphatic heterocycles. The maximum absolute atomic E-state index is 11.7. The minimum atomic E-state index is -0.252. The minimum absolute atomic E-state index is 0.00593. The van der Waals surface area contributed by atoms with Crippen LogP contribution in [0, 0.1) is 0 Å². The molecule has 1 fully saturated rings. The highest BCUT2D eigenvalue weighted by atomic mass is 32.1. The number of thiazole rings is 1. The number of amides is 1. The van der Waals surface area contributed by atoms with Gasteiger partial charge in [0.05, 0.1) is 10.2 Å². The number of carbonyl (C=O) groups excluding carboxylic acids is 1. The SMILES string of the molecule is O=C(NCCNc1nc2ccccc2s1)[C@@H]1CCCO1. The van der Waals surface area contributed by atoms with Crippen LogP contribution in [0.2, 0.25) is 0 Å². The van der Waals surface area contributed by atoms with E-state index in [1.54, 1.807) is 11.3 Å². The Morgan fingerprint density at radius 2 is 2.30 bits per heavy atom. The summed E-state index contributed by atoms with van der Waals surface area (Å²) < 4.78 is 6.49. The Hall–Kier alpha value is -1.66. The number of benzene rings is 1. The van der Waals surface area contributed by atoms with Crippen LogP contribution < -0.4 is 10.6 Å². The summed E-state index contributed by atoms with van der Waals surface area (Å²) in [6.45, 7) is 1.94. The van der Waals surface area contributed by atoms with Crippen LogP contribution in [0.15, 0.2) is 24.3 Å². The van der Waals surface area contributed by atoms with Gasteiger partial charge in [0.25, 0.3) is 0 Å². The topological polar surface area (TPSA) is 63.2 Å². The summed E-state index contributed by atoms with van der Waals surface area (Å²) in [5.41, 5.74) is 1.00. The van der Waals surface area contributed by atoms with E-state index in [0.717, 1.165) is 23.5 Å². The molecule has 5 nitrogen and oxygen atoms in total. The molecule has 1 aromatic carbocycles. The molecule has 1 aromatic heterocycles. The zero-order valence-corrected chi connectivity index (χ0v) is 11.9. The van der Waals surface area contributed by atoms with Crippen molar-refractivity contribution in [3.63, 3.8) is 0 Å². The Balaban J connectivity index is 1.44. The molecule has 0 radical (unpaired) electrons. The van der Waals surface area contributed by atoms with Crippen molar-refractivity contribution >= 4 is 32.6 Å². The van der Waals surface area contributed by atoms with Gasteiger partial charge in [-0.1, -0.05) is 23.5 Å². The molecule has 6 heteroatoms. The van der Waals surface area contributed by atoms with Crippen molar-refractivity contribution in [1.29, 1.82) is 0 Å². The van der Waals surface area contributed by atoms with Gasteiger partial charge in [-0.25, -0.2) is 4.98 Å². The first kappa shape index (κ1) is 13.3. The van der Waals surface area contributed by atoms with Crippen LogP contribution in [0.3, 0.4) is 0 Å². The zero-order chi connectivity index (χ0) is 13.8. The second-order valence-corrected chi connectivity index (χ2v) is 5.74.